The summed E-state index contributed by atoms with van der Waals surface area (Å²) in [4.78, 5) is 20.5. The summed E-state index contributed by atoms with van der Waals surface area (Å²) >= 11 is 0. The molecule has 0 amide bonds. The topological polar surface area (TPSA) is 124 Å². The second-order valence-electron chi connectivity index (χ2n) is 9.19. The fourth-order valence-electron chi connectivity index (χ4n) is 3.66. The first-order valence-corrected chi connectivity index (χ1v) is 13.7. The quantitative estimate of drug-likeness (QED) is 0.1000. The smallest absolute Gasteiger partial charge is 0.329 e. The van der Waals surface area contributed by atoms with Crippen molar-refractivity contribution in [1.82, 2.24) is 0 Å². The van der Waals surface area contributed by atoms with E-state index < -0.39 is 18.7 Å². The normalized spacial score (nSPS) is 11.5. The van der Waals surface area contributed by atoms with Crippen LogP contribution in [0.5, 0.6) is 0 Å². The van der Waals surface area contributed by atoms with E-state index in [0.29, 0.717) is 6.42 Å². The van der Waals surface area contributed by atoms with Crippen LogP contribution in [-0.2, 0) is 14.3 Å². The van der Waals surface area contributed by atoms with Gasteiger partial charge in [0.15, 0.2) is 0 Å². The molecule has 0 aromatic heterocycles. The van der Waals surface area contributed by atoms with Gasteiger partial charge in [-0.15, -0.1) is 0 Å². The van der Waals surface area contributed by atoms with Crippen LogP contribution in [0.3, 0.4) is 0 Å². The third-order valence-corrected chi connectivity index (χ3v) is 5.77. The Balaban J connectivity index is 0. The van der Waals surface area contributed by atoms with Crippen LogP contribution < -0.4 is 0 Å². The molecule has 0 bridgehead atoms. The van der Waals surface area contributed by atoms with Gasteiger partial charge < -0.3 is 25.2 Å². The van der Waals surface area contributed by atoms with Gasteiger partial charge in [0, 0.05) is 6.42 Å². The number of hydrogen-bond acceptors (Lipinski definition) is 6. The monoisotopic (exact) mass is 490 g/mol. The van der Waals surface area contributed by atoms with E-state index in [1.165, 1.54) is 109 Å². The average molecular weight is 491 g/mol. The summed E-state index contributed by atoms with van der Waals surface area (Å²) in [5.41, 5.74) is 0. The zero-order valence-corrected chi connectivity index (χ0v) is 21.9. The summed E-state index contributed by atoms with van der Waals surface area (Å²) in [5.74, 6) is -1.46. The van der Waals surface area contributed by atoms with Gasteiger partial charge in [-0.2, -0.15) is 0 Å². The third-order valence-electron chi connectivity index (χ3n) is 5.77. The van der Waals surface area contributed by atoms with Gasteiger partial charge in [0.25, 0.3) is 0 Å². The summed E-state index contributed by atoms with van der Waals surface area (Å²) in [5, 5.41) is 32.8. The zero-order valence-electron chi connectivity index (χ0n) is 21.9. The molecule has 7 nitrogen and oxygen atoms in total. The summed E-state index contributed by atoms with van der Waals surface area (Å²) in [6.07, 6.45) is 24.9. The molecule has 1 unspecified atom stereocenters. The Morgan fingerprint density at radius 2 is 0.971 bits per heavy atom. The molecule has 0 aliphatic rings. The number of carbonyl (C=O) groups excluding carboxylic acids is 1. The number of unbranched alkanes of at least 4 members (excludes halogenated alkanes) is 18. The largest absolute Gasteiger partial charge is 0.480 e. The zero-order chi connectivity index (χ0) is 25.7. The molecule has 0 aliphatic carbocycles. The van der Waals surface area contributed by atoms with Gasteiger partial charge in [0.2, 0.25) is 0 Å². The summed E-state index contributed by atoms with van der Waals surface area (Å²) in [6.45, 7) is 1.03. The molecule has 0 aliphatic heterocycles. The molecule has 0 aromatic carbocycles. The maximum Gasteiger partial charge on any atom is 0.329 e. The average Bonchev–Trinajstić information content (AvgIpc) is 2.84. The number of aliphatic hydroxyl groups is 3. The van der Waals surface area contributed by atoms with Crippen LogP contribution in [-0.4, -0.2) is 58.3 Å². The van der Waals surface area contributed by atoms with Crippen LogP contribution in [0.4, 0.5) is 0 Å². The van der Waals surface area contributed by atoms with Crippen LogP contribution >= 0.6 is 0 Å². The first kappa shape index (κ1) is 35.0. The van der Waals surface area contributed by atoms with Gasteiger partial charge in [-0.1, -0.05) is 122 Å². The van der Waals surface area contributed by atoms with E-state index in [-0.39, 0.29) is 19.2 Å². The lowest BCUT2D eigenvalue weighted by Crippen LogP contribution is -2.21. The van der Waals surface area contributed by atoms with Gasteiger partial charge in [0.1, 0.15) is 19.3 Å². The molecule has 0 spiro atoms. The van der Waals surface area contributed by atoms with Crippen molar-refractivity contribution in [3.63, 3.8) is 0 Å². The van der Waals surface area contributed by atoms with Crippen LogP contribution in [0.25, 0.3) is 0 Å². The van der Waals surface area contributed by atoms with Crippen molar-refractivity contribution in [3.05, 3.63) is 0 Å². The lowest BCUT2D eigenvalue weighted by atomic mass is 10.0. The molecule has 204 valence electrons. The molecule has 0 aromatic rings. The Morgan fingerprint density at radius 3 is 1.26 bits per heavy atom. The molecule has 0 rings (SSSR count). The van der Waals surface area contributed by atoms with Gasteiger partial charge >= 0.3 is 11.9 Å². The van der Waals surface area contributed by atoms with Gasteiger partial charge in [-0.3, -0.25) is 4.79 Å². The van der Waals surface area contributed by atoms with Gasteiger partial charge in [-0.25, -0.2) is 4.79 Å². The van der Waals surface area contributed by atoms with Crippen molar-refractivity contribution in [3.8, 4) is 0 Å². The van der Waals surface area contributed by atoms with Crippen LogP contribution in [0, 0.1) is 0 Å². The number of rotatable bonds is 24. The number of carbonyl (C=O) groups is 2. The maximum atomic E-state index is 11.4. The second kappa shape index (κ2) is 29.9. The number of ether oxygens (including phenoxy) is 1. The first-order chi connectivity index (χ1) is 16.5. The number of carboxylic acids is 1. The Labute approximate surface area is 208 Å². The van der Waals surface area contributed by atoms with Crippen molar-refractivity contribution < 1.29 is 34.8 Å². The van der Waals surface area contributed by atoms with E-state index in [1.807, 2.05) is 0 Å². The molecule has 34 heavy (non-hydrogen) atoms. The van der Waals surface area contributed by atoms with Crippen LogP contribution in [0.1, 0.15) is 135 Å². The minimum absolute atomic E-state index is 0.103. The van der Waals surface area contributed by atoms with E-state index in [9.17, 15) is 4.79 Å². The minimum atomic E-state index is -1.19. The van der Waals surface area contributed by atoms with Crippen molar-refractivity contribution in [2.75, 3.05) is 19.8 Å². The molecule has 0 fully saturated rings. The molecule has 7 heteroatoms. The Morgan fingerprint density at radius 1 is 0.647 bits per heavy atom. The summed E-state index contributed by atoms with van der Waals surface area (Å²) < 4.78 is 4.88. The number of carboxylic acid groups (broad SMARTS) is 1. The van der Waals surface area contributed by atoms with E-state index in [4.69, 9.17) is 30.0 Å². The number of aliphatic carboxylic acids is 1. The van der Waals surface area contributed by atoms with E-state index in [0.717, 1.165) is 12.8 Å². The Bertz CT molecular complexity index is 429. The fourth-order valence-corrected chi connectivity index (χ4v) is 3.66. The molecule has 0 heterocycles. The highest BCUT2D eigenvalue weighted by molar-refractivity contribution is 5.69. The van der Waals surface area contributed by atoms with E-state index >= 15 is 0 Å². The molecular weight excluding hydrogens is 436 g/mol. The Kier molecular flexibility index (Phi) is 30.7. The fraction of sp³-hybridized carbons (Fsp3) is 0.926. The predicted octanol–water partition coefficient (Wildman–Crippen LogP) is 5.77. The highest BCUT2D eigenvalue weighted by Crippen LogP contribution is 2.14. The summed E-state index contributed by atoms with van der Waals surface area (Å²) in [7, 11) is 0. The second-order valence-corrected chi connectivity index (χ2v) is 9.19. The van der Waals surface area contributed by atoms with E-state index in [2.05, 4.69) is 6.92 Å². The minimum Gasteiger partial charge on any atom is -0.480 e. The van der Waals surface area contributed by atoms with E-state index in [1.54, 1.807) is 0 Å². The van der Waals surface area contributed by atoms with Crippen LogP contribution in [0.15, 0.2) is 0 Å². The SMILES string of the molecule is CCCCCCCCCCCCCCCCCCCCCC(=O)OCC(O)CO.O=C(O)CO. The molecular formula is C27H54O7. The molecule has 4 N–H and O–H groups in total. The van der Waals surface area contributed by atoms with Crippen molar-refractivity contribution >= 4 is 11.9 Å². The number of hydrogen-bond donors (Lipinski definition) is 4. The van der Waals surface area contributed by atoms with Crippen molar-refractivity contribution in [1.29, 1.82) is 0 Å². The van der Waals surface area contributed by atoms with Gasteiger partial charge in [0.05, 0.1) is 6.61 Å². The lowest BCUT2D eigenvalue weighted by Gasteiger charge is -2.08. The maximum absolute atomic E-state index is 11.4. The highest BCUT2D eigenvalue weighted by Gasteiger charge is 2.07. The molecule has 0 radical (unpaired) electrons. The van der Waals surface area contributed by atoms with Crippen molar-refractivity contribution in [2.45, 2.75) is 141 Å². The lowest BCUT2D eigenvalue weighted by molar-refractivity contribution is -0.147. The first-order valence-electron chi connectivity index (χ1n) is 13.7. The van der Waals surface area contributed by atoms with Crippen molar-refractivity contribution in [2.24, 2.45) is 0 Å². The molecule has 0 saturated carbocycles. The third kappa shape index (κ3) is 33.0. The molecule has 0 saturated heterocycles. The summed E-state index contributed by atoms with van der Waals surface area (Å²) in [6, 6.07) is 0. The van der Waals surface area contributed by atoms with Crippen LogP contribution in [0.2, 0.25) is 0 Å². The predicted molar refractivity (Wildman–Crippen MR) is 137 cm³/mol. The number of esters is 1. The number of aliphatic hydroxyl groups excluding tert-OH is 3. The Hall–Kier alpha value is -1.18. The standard InChI is InChI=1S/C25H50O4.C2H4O3/c1-2-3-4-5-6-7-8-9-10-11-12-13-14-15-16-17-18-19-20-21-25(28)29-23-24(27)22-26;3-1-2(4)5/h24,26-27H,2-23H2,1H3;3H,1H2,(H,4,5). The van der Waals surface area contributed by atoms with Gasteiger partial charge in [-0.05, 0) is 6.42 Å². The molecule has 1 atom stereocenters. The highest BCUT2D eigenvalue weighted by atomic mass is 16.5.